The third kappa shape index (κ3) is 1.36. The van der Waals surface area contributed by atoms with Crippen LogP contribution in [0.15, 0.2) is 0 Å². The molecule has 0 radical (unpaired) electrons. The van der Waals surface area contributed by atoms with E-state index in [0.717, 1.165) is 0 Å². The van der Waals surface area contributed by atoms with Crippen LogP contribution in [-0.2, 0) is 27.1 Å². The van der Waals surface area contributed by atoms with Gasteiger partial charge in [0.05, 0.1) is 0 Å². The van der Waals surface area contributed by atoms with Gasteiger partial charge in [-0.3, -0.25) is 0 Å². The summed E-state index contributed by atoms with van der Waals surface area (Å²) in [5, 5.41) is 0. The van der Waals surface area contributed by atoms with Crippen molar-refractivity contribution in [3.63, 3.8) is 0 Å². The third-order valence-electron chi connectivity index (χ3n) is 1.52. The average Bonchev–Trinajstić information content (AvgIpc) is 2.12. The van der Waals surface area contributed by atoms with Gasteiger partial charge in [-0.05, 0) is 0 Å². The molecule has 3 nitrogen and oxygen atoms in total. The van der Waals surface area contributed by atoms with E-state index in [1.165, 1.54) is 9.22 Å². The SMILES string of the molecule is C[CH]=[Ru]([CH]=O)([CH]=O)([CH]=O)=[CH]C. The number of rotatable bonds is 3. The van der Waals surface area contributed by atoms with Gasteiger partial charge in [0, 0.05) is 0 Å². The molecule has 4 heteroatoms. The number of hydrogen-bond donors (Lipinski definition) is 0. The molecule has 0 aliphatic carbocycles. The van der Waals surface area contributed by atoms with Crippen molar-refractivity contribution < 1.29 is 27.1 Å². The zero-order valence-electron chi connectivity index (χ0n) is 6.47. The van der Waals surface area contributed by atoms with Crippen molar-refractivity contribution in [1.82, 2.24) is 0 Å². The fraction of sp³-hybridized carbons (Fsp3) is 0.286. The monoisotopic (exact) mass is 245 g/mol. The second-order valence-electron chi connectivity index (χ2n) is 1.84. The summed E-state index contributed by atoms with van der Waals surface area (Å²) >= 11 is -4.00. The van der Waals surface area contributed by atoms with Crippen LogP contribution in [0.5, 0.6) is 0 Å². The Hall–Kier alpha value is -0.627. The first-order valence-corrected chi connectivity index (χ1v) is 7.90. The van der Waals surface area contributed by atoms with E-state index < -0.39 is 12.7 Å². The van der Waals surface area contributed by atoms with Crippen molar-refractivity contribution in [2.75, 3.05) is 0 Å². The summed E-state index contributed by atoms with van der Waals surface area (Å²) in [6, 6.07) is 0. The molecule has 0 aromatic heterocycles. The van der Waals surface area contributed by atoms with Gasteiger partial charge in [-0.25, -0.2) is 0 Å². The fourth-order valence-corrected chi connectivity index (χ4v) is 2.75. The molecular formula is C7H11O3Ru. The summed E-state index contributed by atoms with van der Waals surface area (Å²) < 4.78 is 2.90. The van der Waals surface area contributed by atoms with Crippen LogP contribution in [-0.4, -0.2) is 23.9 Å². The molecule has 65 valence electrons. The van der Waals surface area contributed by atoms with E-state index >= 15 is 0 Å². The molecule has 0 amide bonds. The first-order valence-electron chi connectivity index (χ1n) is 2.88. The van der Waals surface area contributed by atoms with Gasteiger partial charge in [0.25, 0.3) is 0 Å². The van der Waals surface area contributed by atoms with Crippen LogP contribution >= 0.6 is 0 Å². The molecule has 11 heavy (non-hydrogen) atoms. The molecule has 0 saturated heterocycles. The van der Waals surface area contributed by atoms with Gasteiger partial charge in [-0.2, -0.15) is 0 Å². The predicted molar refractivity (Wildman–Crippen MR) is 43.7 cm³/mol. The molecule has 0 heterocycles. The Morgan fingerprint density at radius 1 is 0.818 bits per heavy atom. The van der Waals surface area contributed by atoms with Crippen LogP contribution in [0.4, 0.5) is 0 Å². The Balaban J connectivity index is 6.09. The van der Waals surface area contributed by atoms with E-state index in [4.69, 9.17) is 0 Å². The van der Waals surface area contributed by atoms with Crippen LogP contribution in [0.1, 0.15) is 13.8 Å². The van der Waals surface area contributed by atoms with Crippen molar-refractivity contribution >= 4 is 23.9 Å². The number of hydrogen-bond acceptors (Lipinski definition) is 3. The molecule has 0 aliphatic rings. The molecule has 0 atom stereocenters. The Morgan fingerprint density at radius 2 is 1.09 bits per heavy atom. The molecule has 0 unspecified atom stereocenters. The first kappa shape index (κ1) is 10.4. The van der Waals surface area contributed by atoms with Crippen LogP contribution in [0.25, 0.3) is 0 Å². The minimum atomic E-state index is -4.00. The van der Waals surface area contributed by atoms with Gasteiger partial charge in [-0.15, -0.1) is 0 Å². The van der Waals surface area contributed by atoms with Crippen LogP contribution in [0.2, 0.25) is 0 Å². The maximum absolute atomic E-state index is 10.6. The van der Waals surface area contributed by atoms with Crippen LogP contribution in [0, 0.1) is 0 Å². The van der Waals surface area contributed by atoms with Gasteiger partial charge in [-0.1, -0.05) is 0 Å². The van der Waals surface area contributed by atoms with E-state index in [2.05, 4.69) is 0 Å². The average molecular weight is 244 g/mol. The summed E-state index contributed by atoms with van der Waals surface area (Å²) in [5.41, 5.74) is 0. The molecule has 0 aromatic carbocycles. The second kappa shape index (κ2) is 3.18. The quantitative estimate of drug-likeness (QED) is 0.514. The molecule has 0 saturated carbocycles. The van der Waals surface area contributed by atoms with Gasteiger partial charge < -0.3 is 0 Å². The Bertz CT molecular complexity index is 274. The molecule has 0 N–H and O–H groups in total. The van der Waals surface area contributed by atoms with Crippen molar-refractivity contribution in [2.45, 2.75) is 13.8 Å². The fourth-order valence-electron chi connectivity index (χ4n) is 0.465. The van der Waals surface area contributed by atoms with E-state index in [1.807, 2.05) is 0 Å². The number of carbonyl (C=O) groups is 3. The van der Waals surface area contributed by atoms with Crippen molar-refractivity contribution in [3.05, 3.63) is 0 Å². The number of carbonyl (C=O) groups excluding carboxylic acids is 3. The first-order chi connectivity index (χ1) is 5.12. The zero-order valence-corrected chi connectivity index (χ0v) is 8.20. The summed E-state index contributed by atoms with van der Waals surface area (Å²) in [5.74, 6) is 0. The normalized spacial score (nSPS) is 13.8. The van der Waals surface area contributed by atoms with Gasteiger partial charge in [0.15, 0.2) is 0 Å². The minimum absolute atomic E-state index is 0.511. The van der Waals surface area contributed by atoms with Crippen molar-refractivity contribution in [2.24, 2.45) is 0 Å². The molecule has 0 fully saturated rings. The summed E-state index contributed by atoms with van der Waals surface area (Å²) in [4.78, 5) is 33.4. The van der Waals surface area contributed by atoms with E-state index in [0.29, 0.717) is 14.6 Å². The molecule has 0 aliphatic heterocycles. The van der Waals surface area contributed by atoms with E-state index in [9.17, 15) is 14.4 Å². The second-order valence-corrected chi connectivity index (χ2v) is 10.9. The van der Waals surface area contributed by atoms with Crippen molar-refractivity contribution in [1.29, 1.82) is 0 Å². The molecular weight excluding hydrogens is 233 g/mol. The molecule has 0 rings (SSSR count). The van der Waals surface area contributed by atoms with Crippen LogP contribution < -0.4 is 0 Å². The van der Waals surface area contributed by atoms with E-state index in [1.54, 1.807) is 13.8 Å². The maximum atomic E-state index is 10.6. The van der Waals surface area contributed by atoms with Crippen LogP contribution in [0.3, 0.4) is 0 Å². The third-order valence-corrected chi connectivity index (χ3v) is 8.99. The van der Waals surface area contributed by atoms with E-state index in [-0.39, 0.29) is 0 Å². The zero-order chi connectivity index (χ0) is 8.98. The molecule has 0 aromatic rings. The predicted octanol–water partition coefficient (Wildman–Crippen LogP) is -0.109. The van der Waals surface area contributed by atoms with Crippen molar-refractivity contribution in [3.8, 4) is 0 Å². The summed E-state index contributed by atoms with van der Waals surface area (Å²) in [7, 11) is 0. The van der Waals surface area contributed by atoms with Gasteiger partial charge >= 0.3 is 64.8 Å². The summed E-state index contributed by atoms with van der Waals surface area (Å²) in [6.45, 7) is 3.14. The Kier molecular flexibility index (Phi) is 3.00. The van der Waals surface area contributed by atoms with Gasteiger partial charge in [0.2, 0.25) is 0 Å². The topological polar surface area (TPSA) is 51.2 Å². The summed E-state index contributed by atoms with van der Waals surface area (Å²) in [6.07, 6.45) is 0. The Morgan fingerprint density at radius 3 is 1.09 bits per heavy atom. The Labute approximate surface area is 65.2 Å². The standard InChI is InChI=1S/2C2H4.3CHO.Ru/c5*1-2;/h2*1H,2H3;3*1H;. The molecule has 0 spiro atoms. The van der Waals surface area contributed by atoms with Gasteiger partial charge in [0.1, 0.15) is 0 Å². The molecule has 0 bridgehead atoms.